The summed E-state index contributed by atoms with van der Waals surface area (Å²) < 4.78 is 4.38. The van der Waals surface area contributed by atoms with Crippen molar-refractivity contribution in [3.05, 3.63) is 10.8 Å². The van der Waals surface area contributed by atoms with Crippen LogP contribution in [0.25, 0.3) is 0 Å². The third kappa shape index (κ3) is 3.03. The molecule has 0 bridgehead atoms. The van der Waals surface area contributed by atoms with Crippen LogP contribution in [0.1, 0.15) is 38.5 Å². The number of likely N-dealkylation sites (N-methyl/N-ethyl adjacent to an activating group) is 1. The van der Waals surface area contributed by atoms with E-state index < -0.39 is 0 Å². The van der Waals surface area contributed by atoms with Crippen LogP contribution in [0.2, 0.25) is 0 Å². The van der Waals surface area contributed by atoms with Gasteiger partial charge in [-0.15, -0.1) is 0 Å². The van der Waals surface area contributed by atoms with Crippen molar-refractivity contribution in [1.82, 2.24) is 14.7 Å². The molecule has 0 fully saturated rings. The van der Waals surface area contributed by atoms with Gasteiger partial charge in [-0.1, -0.05) is 20.8 Å². The van der Waals surface area contributed by atoms with Crippen LogP contribution >= 0.6 is 11.5 Å². The van der Waals surface area contributed by atoms with E-state index in [1.165, 1.54) is 11.5 Å². The highest BCUT2D eigenvalue weighted by molar-refractivity contribution is 7.05. The lowest BCUT2D eigenvalue weighted by atomic mass is 9.96. The van der Waals surface area contributed by atoms with E-state index in [1.54, 1.807) is 0 Å². The first kappa shape index (κ1) is 11.6. The van der Waals surface area contributed by atoms with Gasteiger partial charge in [0.1, 0.15) is 10.8 Å². The zero-order valence-electron chi connectivity index (χ0n) is 9.59. The molecule has 1 unspecified atom stereocenters. The van der Waals surface area contributed by atoms with Gasteiger partial charge in [-0.2, -0.15) is 4.37 Å². The molecule has 0 aliphatic heterocycles. The Morgan fingerprint density at radius 2 is 2.07 bits per heavy atom. The minimum Gasteiger partial charge on any atom is -0.317 e. The van der Waals surface area contributed by atoms with Gasteiger partial charge in [-0.3, -0.25) is 0 Å². The normalized spacial score (nSPS) is 14.4. The van der Waals surface area contributed by atoms with E-state index in [0.29, 0.717) is 6.04 Å². The Morgan fingerprint density at radius 3 is 2.50 bits per heavy atom. The van der Waals surface area contributed by atoms with Crippen LogP contribution in [0.5, 0.6) is 0 Å². The number of hydrogen-bond acceptors (Lipinski definition) is 4. The molecule has 1 heterocycles. The van der Waals surface area contributed by atoms with Crippen molar-refractivity contribution in [2.45, 2.75) is 45.6 Å². The van der Waals surface area contributed by atoms with Crippen molar-refractivity contribution in [2.24, 2.45) is 0 Å². The van der Waals surface area contributed by atoms with Gasteiger partial charge in [0.05, 0.1) is 0 Å². The van der Waals surface area contributed by atoms with Gasteiger partial charge in [0.2, 0.25) is 0 Å². The van der Waals surface area contributed by atoms with Gasteiger partial charge in [0.25, 0.3) is 0 Å². The molecule has 14 heavy (non-hydrogen) atoms. The zero-order chi connectivity index (χ0) is 10.8. The van der Waals surface area contributed by atoms with Crippen molar-refractivity contribution in [1.29, 1.82) is 0 Å². The molecule has 1 N–H and O–H groups in total. The van der Waals surface area contributed by atoms with Crippen molar-refractivity contribution in [3.8, 4) is 0 Å². The van der Waals surface area contributed by atoms with Gasteiger partial charge in [0.15, 0.2) is 0 Å². The Balaban J connectivity index is 2.69. The lowest BCUT2D eigenvalue weighted by molar-refractivity contribution is 0.548. The average Bonchev–Trinajstić information content (AvgIpc) is 2.51. The first-order chi connectivity index (χ1) is 6.43. The summed E-state index contributed by atoms with van der Waals surface area (Å²) in [5.74, 6) is 0.959. The van der Waals surface area contributed by atoms with Crippen LogP contribution in [-0.4, -0.2) is 22.4 Å². The fourth-order valence-electron chi connectivity index (χ4n) is 1.01. The Hall–Kier alpha value is -0.480. The second-order valence-electron chi connectivity index (χ2n) is 4.66. The van der Waals surface area contributed by atoms with Crippen molar-refractivity contribution in [2.75, 3.05) is 7.05 Å². The lowest BCUT2D eigenvalue weighted by Crippen LogP contribution is -2.23. The second kappa shape index (κ2) is 4.36. The van der Waals surface area contributed by atoms with Gasteiger partial charge in [-0.25, -0.2) is 4.98 Å². The van der Waals surface area contributed by atoms with Crippen LogP contribution in [0.15, 0.2) is 0 Å². The molecule has 0 aliphatic carbocycles. The maximum Gasteiger partial charge on any atom is 0.147 e. The topological polar surface area (TPSA) is 37.8 Å². The summed E-state index contributed by atoms with van der Waals surface area (Å²) in [6.07, 6.45) is 0.963. The van der Waals surface area contributed by atoms with Crippen molar-refractivity contribution >= 4 is 11.5 Å². The summed E-state index contributed by atoms with van der Waals surface area (Å²) in [6, 6.07) is 0.468. The van der Waals surface area contributed by atoms with E-state index in [1.807, 2.05) is 7.05 Å². The SMILES string of the molecule is CNC(C)Cc1nc(C(C)(C)C)ns1. The minimum atomic E-state index is 0.0671. The third-order valence-corrected chi connectivity index (χ3v) is 2.85. The van der Waals surface area contributed by atoms with Gasteiger partial charge >= 0.3 is 0 Å². The summed E-state index contributed by atoms with van der Waals surface area (Å²) in [4.78, 5) is 4.54. The number of aromatic nitrogens is 2. The predicted molar refractivity (Wildman–Crippen MR) is 60.8 cm³/mol. The van der Waals surface area contributed by atoms with E-state index in [9.17, 15) is 0 Å². The Labute approximate surface area is 90.1 Å². The molecular weight excluding hydrogens is 194 g/mol. The second-order valence-corrected chi connectivity index (χ2v) is 5.49. The van der Waals surface area contributed by atoms with Crippen LogP contribution in [0.3, 0.4) is 0 Å². The predicted octanol–water partition coefficient (Wildman–Crippen LogP) is 1.99. The van der Waals surface area contributed by atoms with Crippen LogP contribution in [0.4, 0.5) is 0 Å². The lowest BCUT2D eigenvalue weighted by Gasteiger charge is -2.12. The summed E-state index contributed by atoms with van der Waals surface area (Å²) in [6.45, 7) is 8.57. The maximum absolute atomic E-state index is 4.54. The first-order valence-electron chi connectivity index (χ1n) is 4.94. The molecule has 0 spiro atoms. The highest BCUT2D eigenvalue weighted by Crippen LogP contribution is 2.20. The summed E-state index contributed by atoms with van der Waals surface area (Å²) in [5, 5.41) is 4.32. The number of nitrogens with one attached hydrogen (secondary N) is 1. The molecule has 3 nitrogen and oxygen atoms in total. The minimum absolute atomic E-state index is 0.0671. The third-order valence-electron chi connectivity index (χ3n) is 2.11. The molecule has 0 saturated carbocycles. The zero-order valence-corrected chi connectivity index (χ0v) is 10.4. The smallest absolute Gasteiger partial charge is 0.147 e. The van der Waals surface area contributed by atoms with Crippen LogP contribution in [0, 0.1) is 0 Å². The van der Waals surface area contributed by atoms with Gasteiger partial charge in [0, 0.05) is 17.9 Å². The highest BCUT2D eigenvalue weighted by Gasteiger charge is 2.19. The molecule has 0 aromatic carbocycles. The monoisotopic (exact) mass is 213 g/mol. The highest BCUT2D eigenvalue weighted by atomic mass is 32.1. The fraction of sp³-hybridized carbons (Fsp3) is 0.800. The molecule has 80 valence electrons. The molecular formula is C10H19N3S. The summed E-state index contributed by atoms with van der Waals surface area (Å²) in [5.41, 5.74) is 0.0671. The molecule has 4 heteroatoms. The van der Waals surface area contributed by atoms with Crippen molar-refractivity contribution in [3.63, 3.8) is 0 Å². The van der Waals surface area contributed by atoms with E-state index in [0.717, 1.165) is 17.3 Å². The van der Waals surface area contributed by atoms with Crippen LogP contribution in [-0.2, 0) is 11.8 Å². The Kier molecular flexibility index (Phi) is 3.61. The Bertz CT molecular complexity index is 288. The van der Waals surface area contributed by atoms with E-state index in [4.69, 9.17) is 0 Å². The molecule has 0 saturated heterocycles. The van der Waals surface area contributed by atoms with Crippen molar-refractivity contribution < 1.29 is 0 Å². The van der Waals surface area contributed by atoms with E-state index >= 15 is 0 Å². The Morgan fingerprint density at radius 1 is 1.43 bits per heavy atom. The standard InChI is InChI=1S/C10H19N3S/c1-7(11-5)6-8-12-9(13-14-8)10(2,3)4/h7,11H,6H2,1-5H3. The summed E-state index contributed by atoms with van der Waals surface area (Å²) >= 11 is 1.52. The number of nitrogens with zero attached hydrogens (tertiary/aromatic N) is 2. The molecule has 0 aliphatic rings. The number of rotatable bonds is 3. The number of hydrogen-bond donors (Lipinski definition) is 1. The van der Waals surface area contributed by atoms with Gasteiger partial charge in [-0.05, 0) is 25.5 Å². The quantitative estimate of drug-likeness (QED) is 0.834. The average molecular weight is 213 g/mol. The molecule has 0 amide bonds. The maximum atomic E-state index is 4.54. The molecule has 0 radical (unpaired) electrons. The fourth-order valence-corrected chi connectivity index (χ4v) is 1.96. The summed E-state index contributed by atoms with van der Waals surface area (Å²) in [7, 11) is 1.97. The van der Waals surface area contributed by atoms with E-state index in [-0.39, 0.29) is 5.41 Å². The molecule has 1 aromatic rings. The first-order valence-corrected chi connectivity index (χ1v) is 5.71. The van der Waals surface area contributed by atoms with Gasteiger partial charge < -0.3 is 5.32 Å². The molecule has 1 atom stereocenters. The van der Waals surface area contributed by atoms with E-state index in [2.05, 4.69) is 42.4 Å². The molecule has 1 rings (SSSR count). The largest absolute Gasteiger partial charge is 0.317 e. The van der Waals surface area contributed by atoms with Crippen LogP contribution < -0.4 is 5.32 Å². The molecule has 1 aromatic heterocycles.